The van der Waals surface area contributed by atoms with Crippen LogP contribution in [0.25, 0.3) is 5.69 Å². The number of carbonyl (C=O) groups is 1. The Morgan fingerprint density at radius 3 is 2.62 bits per heavy atom. The fourth-order valence-electron chi connectivity index (χ4n) is 2.27. The number of hydrogen-bond acceptors (Lipinski definition) is 4. The minimum absolute atomic E-state index is 0.228. The standard InChI is InChI=1S/C17H17N5O2/c1-21-16(23)8-7-15(20-21)17(24)18-11-9-13-3-5-14(6-4-13)22-12-2-10-19-22/h2-8,10,12H,9,11H2,1H3,(H,18,24). The van der Waals surface area contributed by atoms with Crippen LogP contribution in [0.4, 0.5) is 0 Å². The van der Waals surface area contributed by atoms with Gasteiger partial charge in [0.1, 0.15) is 5.69 Å². The van der Waals surface area contributed by atoms with Crippen molar-refractivity contribution < 1.29 is 4.79 Å². The molecule has 0 atom stereocenters. The monoisotopic (exact) mass is 323 g/mol. The lowest BCUT2D eigenvalue weighted by Crippen LogP contribution is -2.29. The normalized spacial score (nSPS) is 10.5. The highest BCUT2D eigenvalue weighted by Gasteiger charge is 2.07. The van der Waals surface area contributed by atoms with Gasteiger partial charge in [0, 0.05) is 32.1 Å². The van der Waals surface area contributed by atoms with Crippen LogP contribution in [0.2, 0.25) is 0 Å². The summed E-state index contributed by atoms with van der Waals surface area (Å²) in [5.74, 6) is -0.293. The predicted molar refractivity (Wildman–Crippen MR) is 89.1 cm³/mol. The lowest BCUT2D eigenvalue weighted by molar-refractivity contribution is 0.0947. The predicted octanol–water partition coefficient (Wildman–Crippen LogP) is 0.938. The van der Waals surface area contributed by atoms with Gasteiger partial charge < -0.3 is 5.32 Å². The van der Waals surface area contributed by atoms with Gasteiger partial charge in [-0.1, -0.05) is 12.1 Å². The molecule has 3 rings (SSSR count). The number of rotatable bonds is 5. The van der Waals surface area contributed by atoms with Crippen LogP contribution in [0.5, 0.6) is 0 Å². The Kier molecular flexibility index (Phi) is 4.51. The Morgan fingerprint density at radius 1 is 1.17 bits per heavy atom. The van der Waals surface area contributed by atoms with E-state index >= 15 is 0 Å². The van der Waals surface area contributed by atoms with E-state index in [-0.39, 0.29) is 17.2 Å². The number of nitrogens with one attached hydrogen (secondary N) is 1. The van der Waals surface area contributed by atoms with Gasteiger partial charge in [0.2, 0.25) is 0 Å². The molecular weight excluding hydrogens is 306 g/mol. The molecule has 1 N–H and O–H groups in total. The number of benzene rings is 1. The third-order valence-electron chi connectivity index (χ3n) is 3.60. The molecule has 0 saturated heterocycles. The zero-order valence-electron chi connectivity index (χ0n) is 13.2. The average Bonchev–Trinajstić information content (AvgIpc) is 3.12. The lowest BCUT2D eigenvalue weighted by atomic mass is 10.1. The van der Waals surface area contributed by atoms with Crippen LogP contribution in [-0.2, 0) is 13.5 Å². The zero-order chi connectivity index (χ0) is 16.9. The van der Waals surface area contributed by atoms with Crippen molar-refractivity contribution in [2.75, 3.05) is 6.54 Å². The van der Waals surface area contributed by atoms with Crippen molar-refractivity contribution in [1.29, 1.82) is 0 Å². The van der Waals surface area contributed by atoms with Gasteiger partial charge in [0.25, 0.3) is 11.5 Å². The fourth-order valence-corrected chi connectivity index (χ4v) is 2.27. The first-order valence-electron chi connectivity index (χ1n) is 7.55. The van der Waals surface area contributed by atoms with Gasteiger partial charge in [-0.15, -0.1) is 0 Å². The minimum Gasteiger partial charge on any atom is -0.350 e. The van der Waals surface area contributed by atoms with E-state index in [4.69, 9.17) is 0 Å². The van der Waals surface area contributed by atoms with Gasteiger partial charge in [-0.2, -0.15) is 10.2 Å². The van der Waals surface area contributed by atoms with Gasteiger partial charge in [0.05, 0.1) is 5.69 Å². The number of amides is 1. The van der Waals surface area contributed by atoms with E-state index in [2.05, 4.69) is 15.5 Å². The van der Waals surface area contributed by atoms with Crippen molar-refractivity contribution in [1.82, 2.24) is 24.9 Å². The van der Waals surface area contributed by atoms with E-state index in [0.29, 0.717) is 13.0 Å². The molecule has 0 radical (unpaired) electrons. The summed E-state index contributed by atoms with van der Waals surface area (Å²) in [6.45, 7) is 0.491. The molecule has 0 fully saturated rings. The quantitative estimate of drug-likeness (QED) is 0.757. The molecule has 3 aromatic rings. The molecule has 7 heteroatoms. The molecule has 7 nitrogen and oxygen atoms in total. The SMILES string of the molecule is Cn1nc(C(=O)NCCc2ccc(-n3cccn3)cc2)ccc1=O. The van der Waals surface area contributed by atoms with Gasteiger partial charge in [0.15, 0.2) is 0 Å². The first-order chi connectivity index (χ1) is 11.6. The van der Waals surface area contributed by atoms with E-state index in [1.807, 2.05) is 36.5 Å². The van der Waals surface area contributed by atoms with Crippen molar-refractivity contribution in [2.45, 2.75) is 6.42 Å². The molecule has 1 amide bonds. The topological polar surface area (TPSA) is 81.8 Å². The highest BCUT2D eigenvalue weighted by molar-refractivity contribution is 5.91. The lowest BCUT2D eigenvalue weighted by Gasteiger charge is -2.07. The number of aryl methyl sites for hydroxylation is 1. The number of aromatic nitrogens is 4. The van der Waals surface area contributed by atoms with Crippen molar-refractivity contribution in [2.24, 2.45) is 7.05 Å². The molecular formula is C17H17N5O2. The van der Waals surface area contributed by atoms with E-state index in [0.717, 1.165) is 15.9 Å². The van der Waals surface area contributed by atoms with Gasteiger partial charge in [-0.25, -0.2) is 9.36 Å². The van der Waals surface area contributed by atoms with Crippen molar-refractivity contribution in [3.05, 3.63) is 76.5 Å². The van der Waals surface area contributed by atoms with E-state index < -0.39 is 0 Å². The van der Waals surface area contributed by atoms with Crippen LogP contribution >= 0.6 is 0 Å². The molecule has 0 aliphatic rings. The summed E-state index contributed by atoms with van der Waals surface area (Å²) in [4.78, 5) is 23.3. The van der Waals surface area contributed by atoms with Crippen molar-refractivity contribution in [3.8, 4) is 5.69 Å². The average molecular weight is 323 g/mol. The Hall–Kier alpha value is -3.22. The second-order valence-corrected chi connectivity index (χ2v) is 5.30. The first-order valence-corrected chi connectivity index (χ1v) is 7.55. The summed E-state index contributed by atoms with van der Waals surface area (Å²) >= 11 is 0. The second kappa shape index (κ2) is 6.91. The van der Waals surface area contributed by atoms with Crippen LogP contribution in [0.3, 0.4) is 0 Å². The van der Waals surface area contributed by atoms with Crippen LogP contribution in [0, 0.1) is 0 Å². The van der Waals surface area contributed by atoms with E-state index in [9.17, 15) is 9.59 Å². The molecule has 24 heavy (non-hydrogen) atoms. The Bertz CT molecular complexity index is 882. The van der Waals surface area contributed by atoms with Gasteiger partial charge >= 0.3 is 0 Å². The number of carbonyl (C=O) groups excluding carboxylic acids is 1. The Labute approximate surface area is 138 Å². The molecule has 0 spiro atoms. The van der Waals surface area contributed by atoms with E-state index in [1.165, 1.54) is 19.2 Å². The maximum Gasteiger partial charge on any atom is 0.271 e. The Morgan fingerprint density at radius 2 is 1.96 bits per heavy atom. The third kappa shape index (κ3) is 3.57. The molecule has 2 aromatic heterocycles. The summed E-state index contributed by atoms with van der Waals surface area (Å²) in [5, 5.41) is 10.9. The van der Waals surface area contributed by atoms with Crippen LogP contribution < -0.4 is 10.9 Å². The zero-order valence-corrected chi connectivity index (χ0v) is 13.2. The van der Waals surface area contributed by atoms with Gasteiger partial charge in [-0.3, -0.25) is 9.59 Å². The minimum atomic E-state index is -0.293. The largest absolute Gasteiger partial charge is 0.350 e. The molecule has 0 bridgehead atoms. The van der Waals surface area contributed by atoms with E-state index in [1.54, 1.807) is 10.9 Å². The Balaban J connectivity index is 1.55. The maximum absolute atomic E-state index is 12.0. The molecule has 0 unspecified atom stereocenters. The summed E-state index contributed by atoms with van der Waals surface area (Å²) in [5.41, 5.74) is 2.08. The first kappa shape index (κ1) is 15.7. The highest BCUT2D eigenvalue weighted by Crippen LogP contribution is 2.08. The molecule has 0 aliphatic carbocycles. The van der Waals surface area contributed by atoms with Crippen molar-refractivity contribution in [3.63, 3.8) is 0 Å². The van der Waals surface area contributed by atoms with Crippen LogP contribution in [-0.4, -0.2) is 32.0 Å². The molecule has 2 heterocycles. The molecule has 1 aromatic carbocycles. The second-order valence-electron chi connectivity index (χ2n) is 5.30. The highest BCUT2D eigenvalue weighted by atomic mass is 16.2. The number of hydrogen-bond donors (Lipinski definition) is 1. The molecule has 0 saturated carbocycles. The smallest absolute Gasteiger partial charge is 0.271 e. The number of nitrogens with zero attached hydrogens (tertiary/aromatic N) is 4. The molecule has 0 aliphatic heterocycles. The summed E-state index contributed by atoms with van der Waals surface area (Å²) < 4.78 is 2.93. The van der Waals surface area contributed by atoms with Crippen LogP contribution in [0.15, 0.2) is 59.7 Å². The summed E-state index contributed by atoms with van der Waals surface area (Å²) in [7, 11) is 1.51. The summed E-state index contributed by atoms with van der Waals surface area (Å²) in [6, 6.07) is 12.6. The summed E-state index contributed by atoms with van der Waals surface area (Å²) in [6.07, 6.45) is 4.32. The van der Waals surface area contributed by atoms with Crippen LogP contribution in [0.1, 0.15) is 16.1 Å². The third-order valence-corrected chi connectivity index (χ3v) is 3.60. The fraction of sp³-hybridized carbons (Fsp3) is 0.176. The van der Waals surface area contributed by atoms with Gasteiger partial charge in [-0.05, 0) is 36.2 Å². The van der Waals surface area contributed by atoms with Crippen molar-refractivity contribution >= 4 is 5.91 Å². The maximum atomic E-state index is 12.0. The molecule has 122 valence electrons.